The molecule has 0 aliphatic carbocycles. The summed E-state index contributed by atoms with van der Waals surface area (Å²) in [5.74, 6) is 0.807. The van der Waals surface area contributed by atoms with E-state index < -0.39 is 17.4 Å². The van der Waals surface area contributed by atoms with Gasteiger partial charge < -0.3 is 4.52 Å². The average Bonchev–Trinajstić information content (AvgIpc) is 3.26. The smallest absolute Gasteiger partial charge is 0.337 e. The van der Waals surface area contributed by atoms with Crippen molar-refractivity contribution in [3.8, 4) is 11.1 Å². The number of aryl methyl sites for hydroxylation is 1. The van der Waals surface area contributed by atoms with Gasteiger partial charge in [0.25, 0.3) is 0 Å². The van der Waals surface area contributed by atoms with Crippen LogP contribution in [0.1, 0.15) is 24.2 Å². The Balaban J connectivity index is 1.67. The van der Waals surface area contributed by atoms with Crippen molar-refractivity contribution in [2.24, 2.45) is 0 Å². The van der Waals surface area contributed by atoms with Crippen molar-refractivity contribution >= 4 is 5.65 Å². The van der Waals surface area contributed by atoms with E-state index in [0.29, 0.717) is 29.0 Å². The monoisotopic (exact) mass is 389 g/mol. The van der Waals surface area contributed by atoms with Gasteiger partial charge in [-0.1, -0.05) is 24.2 Å². The van der Waals surface area contributed by atoms with Gasteiger partial charge in [0, 0.05) is 12.6 Å². The van der Waals surface area contributed by atoms with Crippen LogP contribution in [0, 0.1) is 0 Å². The minimum Gasteiger partial charge on any atom is -0.337 e. The predicted molar refractivity (Wildman–Crippen MR) is 92.7 cm³/mol. The molecule has 0 amide bonds. The van der Waals surface area contributed by atoms with E-state index in [9.17, 15) is 18.0 Å². The molecule has 0 unspecified atom stereocenters. The van der Waals surface area contributed by atoms with Crippen molar-refractivity contribution in [2.45, 2.75) is 26.1 Å². The van der Waals surface area contributed by atoms with Crippen LogP contribution in [0.2, 0.25) is 0 Å². The summed E-state index contributed by atoms with van der Waals surface area (Å²) in [6.07, 6.45) is -2.25. The largest absolute Gasteiger partial charge is 0.416 e. The molecule has 144 valence electrons. The molecule has 28 heavy (non-hydrogen) atoms. The van der Waals surface area contributed by atoms with Crippen LogP contribution in [0.5, 0.6) is 0 Å². The highest BCUT2D eigenvalue weighted by Gasteiger charge is 2.30. The molecular weight excluding hydrogens is 375 g/mol. The first kappa shape index (κ1) is 18.0. The zero-order valence-electron chi connectivity index (χ0n) is 14.6. The van der Waals surface area contributed by atoms with E-state index in [0.717, 1.165) is 12.1 Å². The summed E-state index contributed by atoms with van der Waals surface area (Å²) in [5, 5.41) is 7.99. The Morgan fingerprint density at radius 1 is 1.07 bits per heavy atom. The topological polar surface area (TPSA) is 78.2 Å². The van der Waals surface area contributed by atoms with Crippen LogP contribution < -0.4 is 5.69 Å². The molecular formula is C18H14F3N5O2. The lowest BCUT2D eigenvalue weighted by atomic mass is 10.1. The molecule has 4 rings (SSSR count). The maximum atomic E-state index is 12.7. The molecule has 0 radical (unpaired) electrons. The minimum atomic E-state index is -4.40. The van der Waals surface area contributed by atoms with Gasteiger partial charge in [-0.3, -0.25) is 0 Å². The van der Waals surface area contributed by atoms with Gasteiger partial charge in [-0.25, -0.2) is 13.9 Å². The first-order valence-corrected chi connectivity index (χ1v) is 8.43. The minimum absolute atomic E-state index is 0.0309. The first-order valence-electron chi connectivity index (χ1n) is 8.43. The number of nitrogens with zero attached hydrogens (tertiary/aromatic N) is 5. The van der Waals surface area contributed by atoms with Gasteiger partial charge in [-0.15, -0.1) is 5.10 Å². The summed E-state index contributed by atoms with van der Waals surface area (Å²) in [5.41, 5.74) is 0.400. The molecule has 1 aromatic carbocycles. The Kier molecular flexibility index (Phi) is 4.25. The number of hydrogen-bond donors (Lipinski definition) is 0. The van der Waals surface area contributed by atoms with E-state index in [1.807, 2.05) is 6.92 Å². The van der Waals surface area contributed by atoms with Crippen LogP contribution in [0.3, 0.4) is 0 Å². The van der Waals surface area contributed by atoms with Crippen LogP contribution >= 0.6 is 0 Å². The predicted octanol–water partition coefficient (Wildman–Crippen LogP) is 3.18. The fourth-order valence-electron chi connectivity index (χ4n) is 2.77. The van der Waals surface area contributed by atoms with Gasteiger partial charge in [0.15, 0.2) is 11.5 Å². The van der Waals surface area contributed by atoms with Crippen molar-refractivity contribution in [3.05, 3.63) is 70.4 Å². The van der Waals surface area contributed by atoms with Crippen molar-refractivity contribution in [2.75, 3.05) is 0 Å². The van der Waals surface area contributed by atoms with Crippen LogP contribution in [0.4, 0.5) is 13.2 Å². The van der Waals surface area contributed by atoms with Crippen molar-refractivity contribution < 1.29 is 17.7 Å². The Bertz CT molecular complexity index is 1190. The third-order valence-corrected chi connectivity index (χ3v) is 4.23. The molecule has 0 saturated carbocycles. The van der Waals surface area contributed by atoms with Gasteiger partial charge in [-0.05, 0) is 35.4 Å². The SMILES string of the molecule is CCc1noc(Cn2nc3ccc(-c4ccc(C(F)(F)F)cc4)cn3c2=O)n1. The van der Waals surface area contributed by atoms with Gasteiger partial charge in [-0.2, -0.15) is 18.2 Å². The Labute approximate surface area is 156 Å². The second-order valence-electron chi connectivity index (χ2n) is 6.12. The summed E-state index contributed by atoms with van der Waals surface area (Å²) in [6.45, 7) is 1.91. The van der Waals surface area contributed by atoms with Gasteiger partial charge in [0.1, 0.15) is 6.54 Å². The first-order chi connectivity index (χ1) is 13.3. The van der Waals surface area contributed by atoms with Gasteiger partial charge in [0.05, 0.1) is 5.56 Å². The fraction of sp³-hybridized carbons (Fsp3) is 0.222. The Morgan fingerprint density at radius 2 is 1.79 bits per heavy atom. The summed E-state index contributed by atoms with van der Waals surface area (Å²) in [6, 6.07) is 8.06. The molecule has 4 aromatic rings. The molecule has 0 N–H and O–H groups in total. The van der Waals surface area contributed by atoms with E-state index in [-0.39, 0.29) is 12.4 Å². The number of hydrogen-bond acceptors (Lipinski definition) is 5. The van der Waals surface area contributed by atoms with Crippen LogP contribution in [-0.2, 0) is 19.1 Å². The number of alkyl halides is 3. The molecule has 0 saturated heterocycles. The molecule has 3 aromatic heterocycles. The number of fused-ring (bicyclic) bond motifs is 1. The number of rotatable bonds is 4. The van der Waals surface area contributed by atoms with E-state index in [2.05, 4.69) is 15.2 Å². The van der Waals surface area contributed by atoms with Crippen LogP contribution in [0.25, 0.3) is 16.8 Å². The molecule has 0 fully saturated rings. The zero-order chi connectivity index (χ0) is 19.9. The third-order valence-electron chi connectivity index (χ3n) is 4.23. The molecule has 10 heteroatoms. The normalized spacial score (nSPS) is 12.0. The highest BCUT2D eigenvalue weighted by molar-refractivity contribution is 5.64. The lowest BCUT2D eigenvalue weighted by Crippen LogP contribution is -2.21. The second-order valence-corrected chi connectivity index (χ2v) is 6.12. The van der Waals surface area contributed by atoms with E-state index >= 15 is 0 Å². The third kappa shape index (κ3) is 3.28. The summed E-state index contributed by atoms with van der Waals surface area (Å²) >= 11 is 0. The van der Waals surface area contributed by atoms with E-state index in [1.54, 1.807) is 12.1 Å². The molecule has 0 bridgehead atoms. The van der Waals surface area contributed by atoms with Crippen molar-refractivity contribution in [3.63, 3.8) is 0 Å². The molecule has 7 nitrogen and oxygen atoms in total. The number of pyridine rings is 1. The van der Waals surface area contributed by atoms with E-state index in [1.165, 1.54) is 27.4 Å². The van der Waals surface area contributed by atoms with Gasteiger partial charge >= 0.3 is 11.9 Å². The number of benzene rings is 1. The highest BCUT2D eigenvalue weighted by Crippen LogP contribution is 2.30. The molecule has 0 spiro atoms. The number of halogens is 3. The lowest BCUT2D eigenvalue weighted by Gasteiger charge is -2.07. The van der Waals surface area contributed by atoms with Crippen molar-refractivity contribution in [1.82, 2.24) is 24.3 Å². The average molecular weight is 389 g/mol. The standard InChI is InChI=1S/C18H14F3N5O2/c1-2-14-22-16(28-24-14)10-26-17(27)25-9-12(5-8-15(25)23-26)11-3-6-13(7-4-11)18(19,20)21/h3-9H,2,10H2,1H3. The Hall–Kier alpha value is -3.43. The summed E-state index contributed by atoms with van der Waals surface area (Å²) < 4.78 is 45.7. The fourth-order valence-corrected chi connectivity index (χ4v) is 2.77. The summed E-state index contributed by atoms with van der Waals surface area (Å²) in [4.78, 5) is 16.8. The molecule has 0 aliphatic heterocycles. The lowest BCUT2D eigenvalue weighted by molar-refractivity contribution is -0.137. The highest BCUT2D eigenvalue weighted by atomic mass is 19.4. The van der Waals surface area contributed by atoms with Crippen LogP contribution in [-0.4, -0.2) is 24.3 Å². The molecule has 3 heterocycles. The quantitative estimate of drug-likeness (QED) is 0.536. The van der Waals surface area contributed by atoms with Crippen LogP contribution in [0.15, 0.2) is 51.9 Å². The zero-order valence-corrected chi connectivity index (χ0v) is 14.6. The summed E-state index contributed by atoms with van der Waals surface area (Å²) in [7, 11) is 0. The molecule has 0 aliphatic rings. The number of aromatic nitrogens is 5. The van der Waals surface area contributed by atoms with Gasteiger partial charge in [0.2, 0.25) is 5.89 Å². The second kappa shape index (κ2) is 6.63. The van der Waals surface area contributed by atoms with E-state index in [4.69, 9.17) is 4.52 Å². The maximum absolute atomic E-state index is 12.7. The Morgan fingerprint density at radius 3 is 2.43 bits per heavy atom. The molecule has 0 atom stereocenters. The van der Waals surface area contributed by atoms with Crippen molar-refractivity contribution in [1.29, 1.82) is 0 Å². The maximum Gasteiger partial charge on any atom is 0.416 e.